The number of alkyl halides is 21. The fraction of sp³-hybridized carbons (Fsp3) is 0.941. The molecule has 0 saturated carbocycles. The Labute approximate surface area is 224 Å². The third-order valence-corrected chi connectivity index (χ3v) is 5.14. The highest BCUT2D eigenvalue weighted by molar-refractivity contribution is 5.78. The highest BCUT2D eigenvalue weighted by atomic mass is 19.4. The van der Waals surface area contributed by atoms with E-state index in [1.54, 1.807) is 0 Å². The van der Waals surface area contributed by atoms with Gasteiger partial charge in [-0.2, -0.15) is 92.2 Å². The maximum Gasteiger partial charge on any atom is 0.460 e. The average Bonchev–Trinajstić information content (AvgIpc) is 2.83. The number of hydrogen-bond donors (Lipinski definition) is 1. The Morgan fingerprint density at radius 3 is 1.19 bits per heavy atom. The molecule has 0 atom stereocenters. The summed E-state index contributed by atoms with van der Waals surface area (Å²) in [6.45, 7) is -6.58. The molecule has 1 amide bonds. The number of rotatable bonds is 16. The molecule has 0 bridgehead atoms. The van der Waals surface area contributed by atoms with Crippen molar-refractivity contribution in [2.24, 2.45) is 5.73 Å². The van der Waals surface area contributed by atoms with Crippen LogP contribution in [0.25, 0.3) is 0 Å². The lowest BCUT2D eigenvalue weighted by molar-refractivity contribution is -0.477. The summed E-state index contributed by atoms with van der Waals surface area (Å²) in [5, 5.41) is 0. The largest absolute Gasteiger partial charge is 0.460 e. The van der Waals surface area contributed by atoms with Crippen molar-refractivity contribution in [2.75, 3.05) is 40.0 Å². The molecule has 0 aromatic carbocycles. The molecular weight excluding hydrogens is 679 g/mol. The van der Waals surface area contributed by atoms with E-state index < -0.39 is 103 Å². The predicted molar refractivity (Wildman–Crippen MR) is 94.0 cm³/mol. The van der Waals surface area contributed by atoms with Crippen molar-refractivity contribution in [1.29, 1.82) is 0 Å². The first-order valence-electron chi connectivity index (χ1n) is 10.2. The molecule has 0 unspecified atom stereocenters. The minimum Gasteiger partial charge on any atom is -0.382 e. The van der Waals surface area contributed by atoms with Crippen LogP contribution >= 0.6 is 0 Å². The number of amides is 1. The molecule has 0 aromatic rings. The third kappa shape index (κ3) is 5.97. The van der Waals surface area contributed by atoms with E-state index in [1.807, 2.05) is 0 Å². The van der Waals surface area contributed by atoms with E-state index in [-0.39, 0.29) is 0 Å². The minimum absolute atomic E-state index is 0.469. The third-order valence-electron chi connectivity index (χ3n) is 5.14. The van der Waals surface area contributed by atoms with Gasteiger partial charge in [0.25, 0.3) is 5.91 Å². The molecule has 0 fully saturated rings. The maximum absolute atomic E-state index is 14.4. The molecule has 0 radical (unpaired) electrons. The van der Waals surface area contributed by atoms with Crippen molar-refractivity contribution in [3.8, 4) is 0 Å². The second-order valence-electron chi connectivity index (χ2n) is 8.01. The molecule has 0 aliphatic carbocycles. The second-order valence-corrected chi connectivity index (χ2v) is 8.01. The summed E-state index contributed by atoms with van der Waals surface area (Å²) in [5.74, 6) is -74.0. The zero-order valence-electron chi connectivity index (χ0n) is 20.2. The predicted octanol–water partition coefficient (Wildman–Crippen LogP) is 5.67. The summed E-state index contributed by atoms with van der Waals surface area (Å²) in [6.07, 6.45) is -8.06. The summed E-state index contributed by atoms with van der Waals surface area (Å²) >= 11 is 0. The summed E-state index contributed by atoms with van der Waals surface area (Å²) in [6, 6.07) is -7.25. The summed E-state index contributed by atoms with van der Waals surface area (Å²) < 4.78 is 292. The monoisotopic (exact) mass is 694 g/mol. The number of hydrogen-bond acceptors (Lipinski definition) is 4. The lowest BCUT2D eigenvalue weighted by Gasteiger charge is -2.45. The normalized spacial score (nSPS) is 15.6. The van der Waals surface area contributed by atoms with Crippen molar-refractivity contribution >= 4 is 5.91 Å². The quantitative estimate of drug-likeness (QED) is 0.129. The molecule has 258 valence electrons. The van der Waals surface area contributed by atoms with Gasteiger partial charge < -0.3 is 15.2 Å². The van der Waals surface area contributed by atoms with Crippen molar-refractivity contribution in [3.63, 3.8) is 0 Å². The fourth-order valence-corrected chi connectivity index (χ4v) is 2.65. The van der Waals surface area contributed by atoms with Crippen molar-refractivity contribution in [2.45, 2.75) is 59.6 Å². The topological polar surface area (TPSA) is 64.8 Å². The second kappa shape index (κ2) is 12.0. The van der Waals surface area contributed by atoms with Gasteiger partial charge in [-0.3, -0.25) is 9.69 Å². The Morgan fingerprint density at radius 1 is 0.558 bits per heavy atom. The molecule has 26 heteroatoms. The Balaban J connectivity index is 7.04. The zero-order valence-corrected chi connectivity index (χ0v) is 20.2. The van der Waals surface area contributed by atoms with Gasteiger partial charge in [0.05, 0.1) is 13.2 Å². The van der Waals surface area contributed by atoms with Crippen molar-refractivity contribution < 1.29 is 106 Å². The van der Waals surface area contributed by atoms with Gasteiger partial charge in [-0.25, -0.2) is 0 Å². The number of nitrogens with zero attached hydrogens (tertiary/aromatic N) is 1. The van der Waals surface area contributed by atoms with Gasteiger partial charge in [-0.05, 0) is 0 Å². The Hall–Kier alpha value is -2.12. The fourth-order valence-electron chi connectivity index (χ4n) is 2.65. The van der Waals surface area contributed by atoms with Crippen molar-refractivity contribution in [3.05, 3.63) is 0 Å². The Bertz CT molecular complexity index is 965. The molecule has 0 heterocycles. The van der Waals surface area contributed by atoms with E-state index in [0.717, 1.165) is 7.11 Å². The number of carbonyl (C=O) groups excluding carboxylic acids is 1. The molecule has 0 saturated heterocycles. The SMILES string of the molecule is COCCOCC(=O)N(CCN)C(F)(F)C(F)(F)C(F)(F)C(F)(F)C(F)(F)C(F)(F)C(F)(F)C(F)(F)C(F)(F)C(F)(F)F. The molecule has 0 rings (SSSR count). The van der Waals surface area contributed by atoms with Gasteiger partial charge in [0, 0.05) is 20.2 Å². The van der Waals surface area contributed by atoms with Gasteiger partial charge in [0.2, 0.25) is 0 Å². The number of halogens is 21. The van der Waals surface area contributed by atoms with Crippen LogP contribution in [-0.4, -0.2) is 110 Å². The minimum atomic E-state index is -9.28. The van der Waals surface area contributed by atoms with E-state index in [2.05, 4.69) is 15.2 Å². The van der Waals surface area contributed by atoms with E-state index in [9.17, 15) is 97.0 Å². The first kappa shape index (κ1) is 40.9. The van der Waals surface area contributed by atoms with Gasteiger partial charge >= 0.3 is 59.6 Å². The molecule has 0 aliphatic heterocycles. The zero-order chi connectivity index (χ0) is 35.1. The lowest BCUT2D eigenvalue weighted by atomic mass is 9.87. The van der Waals surface area contributed by atoms with Crippen LogP contribution in [0, 0.1) is 0 Å². The lowest BCUT2D eigenvalue weighted by Crippen LogP contribution is -2.77. The van der Waals surface area contributed by atoms with Crippen LogP contribution in [0.2, 0.25) is 0 Å². The van der Waals surface area contributed by atoms with Crippen LogP contribution in [0.5, 0.6) is 0 Å². The van der Waals surface area contributed by atoms with E-state index >= 15 is 0 Å². The molecule has 43 heavy (non-hydrogen) atoms. The highest BCUT2D eigenvalue weighted by Gasteiger charge is 2.98. The Kier molecular flexibility index (Phi) is 11.4. The highest BCUT2D eigenvalue weighted by Crippen LogP contribution is 2.66. The van der Waals surface area contributed by atoms with Crippen LogP contribution in [0.4, 0.5) is 92.2 Å². The maximum atomic E-state index is 14.4. The van der Waals surface area contributed by atoms with Crippen molar-refractivity contribution in [1.82, 2.24) is 4.90 Å². The molecule has 0 aromatic heterocycles. The van der Waals surface area contributed by atoms with Crippen LogP contribution < -0.4 is 5.73 Å². The van der Waals surface area contributed by atoms with Gasteiger partial charge in [0.1, 0.15) is 6.61 Å². The number of nitrogens with two attached hydrogens (primary N) is 1. The van der Waals surface area contributed by atoms with Gasteiger partial charge in [0.15, 0.2) is 0 Å². The molecule has 0 aliphatic rings. The van der Waals surface area contributed by atoms with E-state index in [1.165, 1.54) is 0 Å². The number of methoxy groups -OCH3 is 1. The average molecular weight is 694 g/mol. The standard InChI is InChI=1S/C17H15F21N2O3/c1-42-4-5-43-6-7(41)40(3-2-39)17(37,38)15(32,33)13(28,29)11(24,25)9(20,21)8(18,19)10(22,23)12(26,27)14(30,31)16(34,35)36/h2-6,39H2,1H3. The number of carbonyl (C=O) groups is 1. The van der Waals surface area contributed by atoms with Gasteiger partial charge in [-0.1, -0.05) is 0 Å². The number of ether oxygens (including phenoxy) is 2. The molecule has 5 nitrogen and oxygen atoms in total. The van der Waals surface area contributed by atoms with Crippen LogP contribution in [0.3, 0.4) is 0 Å². The molecular formula is C17H15F21N2O3. The summed E-state index contributed by atoms with van der Waals surface area (Å²) in [5.41, 5.74) is 4.68. The smallest absolute Gasteiger partial charge is 0.382 e. The Morgan fingerprint density at radius 2 is 0.884 bits per heavy atom. The summed E-state index contributed by atoms with van der Waals surface area (Å²) in [4.78, 5) is 9.93. The summed E-state index contributed by atoms with van der Waals surface area (Å²) in [7, 11) is 0.973. The molecule has 0 spiro atoms. The van der Waals surface area contributed by atoms with Gasteiger partial charge in [-0.15, -0.1) is 0 Å². The van der Waals surface area contributed by atoms with Crippen LogP contribution in [-0.2, 0) is 14.3 Å². The first-order chi connectivity index (χ1) is 18.7. The first-order valence-corrected chi connectivity index (χ1v) is 10.2. The van der Waals surface area contributed by atoms with Crippen LogP contribution in [0.1, 0.15) is 0 Å². The van der Waals surface area contributed by atoms with Crippen LogP contribution in [0.15, 0.2) is 0 Å². The van der Waals surface area contributed by atoms with E-state index in [0.29, 0.717) is 0 Å². The van der Waals surface area contributed by atoms with E-state index in [4.69, 9.17) is 0 Å². The molecule has 2 N–H and O–H groups in total.